The number of carbonyl (C=O) groups is 1. The average Bonchev–Trinajstić information content (AvgIpc) is 2.59. The fraction of sp³-hybridized carbons (Fsp3) is 0.667. The lowest BCUT2D eigenvalue weighted by molar-refractivity contribution is -0.179. The Balaban J connectivity index is 1.48. The van der Waals surface area contributed by atoms with Gasteiger partial charge < -0.3 is 14.7 Å². The highest BCUT2D eigenvalue weighted by molar-refractivity contribution is 5.78. The molecule has 0 radical (unpaired) electrons. The molecule has 2 saturated heterocycles. The zero-order valence-corrected chi connectivity index (χ0v) is 14.4. The number of nitrogens with zero attached hydrogens (tertiary/aromatic N) is 3. The Hall–Kier alpha value is -1.50. The zero-order valence-electron chi connectivity index (χ0n) is 14.4. The predicted octanol–water partition coefficient (Wildman–Crippen LogP) is 1.05. The Morgan fingerprint density at radius 2 is 2.29 bits per heavy atom. The van der Waals surface area contributed by atoms with E-state index in [4.69, 9.17) is 4.74 Å². The van der Waals surface area contributed by atoms with Gasteiger partial charge in [0.2, 0.25) is 5.91 Å². The Morgan fingerprint density at radius 1 is 1.50 bits per heavy atom. The first-order chi connectivity index (χ1) is 11.6. The van der Waals surface area contributed by atoms with E-state index in [1.165, 1.54) is 0 Å². The maximum Gasteiger partial charge on any atom is 0.236 e. The highest BCUT2D eigenvalue weighted by atomic mass is 16.5. The van der Waals surface area contributed by atoms with E-state index >= 15 is 0 Å². The van der Waals surface area contributed by atoms with E-state index in [1.807, 2.05) is 35.2 Å². The quantitative estimate of drug-likeness (QED) is 0.892. The molecule has 132 valence electrons. The second-order valence-corrected chi connectivity index (χ2v) is 6.99. The normalized spacial score (nSPS) is 23.6. The van der Waals surface area contributed by atoms with Crippen molar-refractivity contribution in [2.45, 2.75) is 43.9 Å². The maximum absolute atomic E-state index is 12.5. The molecule has 6 nitrogen and oxygen atoms in total. The van der Waals surface area contributed by atoms with Gasteiger partial charge in [0.15, 0.2) is 0 Å². The summed E-state index contributed by atoms with van der Waals surface area (Å²) in [5.41, 5.74) is 0.681. The number of rotatable bonds is 4. The lowest BCUT2D eigenvalue weighted by atomic mass is 9.82. The Kier molecular flexibility index (Phi) is 5.48. The van der Waals surface area contributed by atoms with E-state index in [9.17, 15) is 9.90 Å². The van der Waals surface area contributed by atoms with Crippen molar-refractivity contribution >= 4 is 5.91 Å². The van der Waals surface area contributed by atoms with Crippen LogP contribution >= 0.6 is 0 Å². The van der Waals surface area contributed by atoms with Crippen molar-refractivity contribution in [3.8, 4) is 0 Å². The molecule has 1 aromatic heterocycles. The predicted molar refractivity (Wildman–Crippen MR) is 90.3 cm³/mol. The minimum atomic E-state index is -0.420. The van der Waals surface area contributed by atoms with Gasteiger partial charge in [-0.1, -0.05) is 6.07 Å². The van der Waals surface area contributed by atoms with Crippen molar-refractivity contribution < 1.29 is 14.6 Å². The summed E-state index contributed by atoms with van der Waals surface area (Å²) in [5.74, 6) is 0.140. The van der Waals surface area contributed by atoms with Crippen molar-refractivity contribution in [3.63, 3.8) is 0 Å². The molecule has 0 unspecified atom stereocenters. The minimum Gasteiger partial charge on any atom is -0.390 e. The van der Waals surface area contributed by atoms with Crippen molar-refractivity contribution in [3.05, 3.63) is 30.1 Å². The number of hydrogen-bond donors (Lipinski definition) is 1. The number of carbonyl (C=O) groups excluding carboxylic acids is 1. The third kappa shape index (κ3) is 3.94. The van der Waals surface area contributed by atoms with E-state index in [1.54, 1.807) is 6.20 Å². The lowest BCUT2D eigenvalue weighted by Gasteiger charge is -2.46. The molecule has 6 heteroatoms. The summed E-state index contributed by atoms with van der Waals surface area (Å²) < 4.78 is 5.90. The first-order valence-electron chi connectivity index (χ1n) is 8.76. The molecule has 3 heterocycles. The molecule has 2 aliphatic rings. The fourth-order valence-electron chi connectivity index (χ4n) is 3.71. The van der Waals surface area contributed by atoms with Crippen LogP contribution in [0.15, 0.2) is 24.5 Å². The Labute approximate surface area is 143 Å². The van der Waals surface area contributed by atoms with Crippen LogP contribution in [0.3, 0.4) is 0 Å². The zero-order chi connectivity index (χ0) is 17.0. The van der Waals surface area contributed by atoms with Crippen LogP contribution in [-0.2, 0) is 16.1 Å². The number of aliphatic hydroxyl groups excluding tert-OH is 1. The highest BCUT2D eigenvalue weighted by Gasteiger charge is 2.44. The number of hydrogen-bond acceptors (Lipinski definition) is 5. The summed E-state index contributed by atoms with van der Waals surface area (Å²) in [4.78, 5) is 20.5. The molecule has 2 aliphatic heterocycles. The monoisotopic (exact) mass is 333 g/mol. The summed E-state index contributed by atoms with van der Waals surface area (Å²) in [7, 11) is 1.95. The molecule has 1 spiro atoms. The van der Waals surface area contributed by atoms with Crippen LogP contribution in [0.25, 0.3) is 0 Å². The number of likely N-dealkylation sites (N-methyl/N-ethyl adjacent to an activating group) is 1. The van der Waals surface area contributed by atoms with E-state index in [-0.39, 0.29) is 5.91 Å². The van der Waals surface area contributed by atoms with Crippen molar-refractivity contribution in [2.75, 3.05) is 33.3 Å². The number of amides is 1. The first-order valence-corrected chi connectivity index (χ1v) is 8.76. The third-order valence-corrected chi connectivity index (χ3v) is 5.16. The van der Waals surface area contributed by atoms with Gasteiger partial charge in [-0.15, -0.1) is 0 Å². The summed E-state index contributed by atoms with van der Waals surface area (Å²) in [5, 5.41) is 10.3. The molecule has 2 fully saturated rings. The number of aromatic nitrogens is 1. The number of pyridine rings is 1. The molecule has 3 rings (SSSR count). The van der Waals surface area contributed by atoms with Crippen LogP contribution in [0, 0.1) is 0 Å². The van der Waals surface area contributed by atoms with Gasteiger partial charge in [0.1, 0.15) is 0 Å². The molecule has 24 heavy (non-hydrogen) atoms. The summed E-state index contributed by atoms with van der Waals surface area (Å²) in [6, 6.07) is 3.92. The van der Waals surface area contributed by atoms with E-state index < -0.39 is 11.7 Å². The van der Waals surface area contributed by atoms with E-state index in [2.05, 4.69) is 4.98 Å². The fourth-order valence-corrected chi connectivity index (χ4v) is 3.71. The van der Waals surface area contributed by atoms with Crippen LogP contribution < -0.4 is 0 Å². The van der Waals surface area contributed by atoms with Gasteiger partial charge in [-0.2, -0.15) is 0 Å². The van der Waals surface area contributed by atoms with E-state index in [0.717, 1.165) is 37.9 Å². The van der Waals surface area contributed by atoms with Crippen LogP contribution in [0.4, 0.5) is 0 Å². The molecular formula is C18H27N3O3. The summed E-state index contributed by atoms with van der Waals surface area (Å²) in [6.45, 7) is 3.15. The first kappa shape index (κ1) is 17.3. The van der Waals surface area contributed by atoms with Gasteiger partial charge in [0.05, 0.1) is 18.2 Å². The van der Waals surface area contributed by atoms with E-state index in [0.29, 0.717) is 26.2 Å². The molecule has 1 aromatic rings. The second-order valence-electron chi connectivity index (χ2n) is 6.99. The number of ether oxygens (including phenoxy) is 1. The Morgan fingerprint density at radius 3 is 2.96 bits per heavy atom. The molecule has 0 aliphatic carbocycles. The Bertz CT molecular complexity index is 544. The maximum atomic E-state index is 12.5. The van der Waals surface area contributed by atoms with Gasteiger partial charge in [-0.25, -0.2) is 0 Å². The lowest BCUT2D eigenvalue weighted by Crippen LogP contribution is -2.56. The van der Waals surface area contributed by atoms with Crippen LogP contribution in [0.2, 0.25) is 0 Å². The summed E-state index contributed by atoms with van der Waals surface area (Å²) in [6.07, 6.45) is 6.37. The smallest absolute Gasteiger partial charge is 0.236 e. The SMILES string of the molecule is CN(CC(=O)N1CCC2(CC1)OCCC[C@@H]2O)Cc1cccnc1. The largest absolute Gasteiger partial charge is 0.390 e. The number of likely N-dealkylation sites (tertiary alicyclic amines) is 1. The molecule has 1 N–H and O–H groups in total. The average molecular weight is 333 g/mol. The van der Waals surface area contributed by atoms with Gasteiger partial charge in [0.25, 0.3) is 0 Å². The molecule has 1 atom stereocenters. The summed E-state index contributed by atoms with van der Waals surface area (Å²) >= 11 is 0. The van der Waals surface area contributed by atoms with Gasteiger partial charge in [0, 0.05) is 38.6 Å². The molecule has 0 saturated carbocycles. The van der Waals surface area contributed by atoms with Crippen molar-refractivity contribution in [2.24, 2.45) is 0 Å². The molecule has 1 amide bonds. The van der Waals surface area contributed by atoms with Crippen LogP contribution in [0.5, 0.6) is 0 Å². The van der Waals surface area contributed by atoms with Gasteiger partial charge in [-0.05, 0) is 44.4 Å². The topological polar surface area (TPSA) is 65.9 Å². The standard InChI is InChI=1S/C18H27N3O3/c1-20(13-15-4-2-8-19-12-15)14-17(23)21-9-6-18(7-10-21)16(22)5-3-11-24-18/h2,4,8,12,16,22H,3,5-7,9-11,13-14H2,1H3/t16-/m0/s1. The van der Waals surface area contributed by atoms with Gasteiger partial charge in [-0.3, -0.25) is 14.7 Å². The van der Waals surface area contributed by atoms with Crippen LogP contribution in [-0.4, -0.2) is 70.8 Å². The van der Waals surface area contributed by atoms with Gasteiger partial charge >= 0.3 is 0 Å². The highest BCUT2D eigenvalue weighted by Crippen LogP contribution is 2.35. The second kappa shape index (κ2) is 7.59. The van der Waals surface area contributed by atoms with Crippen molar-refractivity contribution in [1.29, 1.82) is 0 Å². The number of piperidine rings is 1. The minimum absolute atomic E-state index is 0.140. The third-order valence-electron chi connectivity index (χ3n) is 5.16. The number of aliphatic hydroxyl groups is 1. The molecular weight excluding hydrogens is 306 g/mol. The molecule has 0 aromatic carbocycles. The van der Waals surface area contributed by atoms with Crippen molar-refractivity contribution in [1.82, 2.24) is 14.8 Å². The molecule has 0 bridgehead atoms. The van der Waals surface area contributed by atoms with Crippen LogP contribution in [0.1, 0.15) is 31.2 Å².